The maximum Gasteiger partial charge on any atom is 0.238 e. The highest BCUT2D eigenvalue weighted by Crippen LogP contribution is 2.15. The highest BCUT2D eigenvalue weighted by molar-refractivity contribution is 5.92. The SMILES string of the molecule is CCOc1ccc(NC(=O)CN2CC(N)C2)cc1. The van der Waals surface area contributed by atoms with Crippen molar-refractivity contribution in [1.29, 1.82) is 0 Å². The maximum absolute atomic E-state index is 11.7. The summed E-state index contributed by atoms with van der Waals surface area (Å²) in [6.45, 7) is 4.59. The molecule has 1 aromatic carbocycles. The zero-order valence-electron chi connectivity index (χ0n) is 10.6. The largest absolute Gasteiger partial charge is 0.494 e. The fourth-order valence-electron chi connectivity index (χ4n) is 1.94. The van der Waals surface area contributed by atoms with Crippen molar-refractivity contribution in [3.8, 4) is 5.75 Å². The van der Waals surface area contributed by atoms with E-state index in [9.17, 15) is 4.79 Å². The highest BCUT2D eigenvalue weighted by Gasteiger charge is 2.24. The van der Waals surface area contributed by atoms with Crippen LogP contribution in [0.15, 0.2) is 24.3 Å². The molecular formula is C13H19N3O2. The number of nitrogens with one attached hydrogen (secondary N) is 1. The second kappa shape index (κ2) is 5.84. The van der Waals surface area contributed by atoms with Gasteiger partial charge in [0.05, 0.1) is 13.2 Å². The first-order valence-electron chi connectivity index (χ1n) is 6.18. The molecule has 3 N–H and O–H groups in total. The van der Waals surface area contributed by atoms with Crippen LogP contribution >= 0.6 is 0 Å². The molecule has 0 unspecified atom stereocenters. The van der Waals surface area contributed by atoms with Crippen molar-refractivity contribution in [2.24, 2.45) is 5.73 Å². The van der Waals surface area contributed by atoms with Crippen LogP contribution in [0.3, 0.4) is 0 Å². The van der Waals surface area contributed by atoms with Gasteiger partial charge < -0.3 is 15.8 Å². The topological polar surface area (TPSA) is 67.6 Å². The standard InChI is InChI=1S/C13H19N3O2/c1-2-18-12-5-3-11(4-6-12)15-13(17)9-16-7-10(14)8-16/h3-6,10H,2,7-9,14H2,1H3,(H,15,17). The summed E-state index contributed by atoms with van der Waals surface area (Å²) in [7, 11) is 0. The first kappa shape index (κ1) is 12.9. The number of carbonyl (C=O) groups excluding carboxylic acids is 1. The van der Waals surface area contributed by atoms with Crippen molar-refractivity contribution in [3.63, 3.8) is 0 Å². The zero-order valence-corrected chi connectivity index (χ0v) is 10.6. The number of benzene rings is 1. The number of rotatable bonds is 5. The van der Waals surface area contributed by atoms with E-state index in [1.165, 1.54) is 0 Å². The van der Waals surface area contributed by atoms with Crippen LogP contribution in [0.25, 0.3) is 0 Å². The summed E-state index contributed by atoms with van der Waals surface area (Å²) in [5, 5.41) is 2.85. The molecule has 0 radical (unpaired) electrons. The van der Waals surface area contributed by atoms with Crippen molar-refractivity contribution in [1.82, 2.24) is 4.90 Å². The third-order valence-corrected chi connectivity index (χ3v) is 2.80. The average molecular weight is 249 g/mol. The number of anilines is 1. The molecule has 1 heterocycles. The van der Waals surface area contributed by atoms with E-state index in [1.807, 2.05) is 36.1 Å². The molecule has 2 rings (SSSR count). The van der Waals surface area contributed by atoms with Gasteiger partial charge >= 0.3 is 0 Å². The van der Waals surface area contributed by atoms with E-state index in [4.69, 9.17) is 10.5 Å². The van der Waals surface area contributed by atoms with Gasteiger partial charge in [0.15, 0.2) is 0 Å². The fraction of sp³-hybridized carbons (Fsp3) is 0.462. The van der Waals surface area contributed by atoms with Crippen LogP contribution in [0, 0.1) is 0 Å². The summed E-state index contributed by atoms with van der Waals surface area (Å²) < 4.78 is 5.33. The Morgan fingerprint density at radius 3 is 2.67 bits per heavy atom. The molecule has 1 aromatic rings. The lowest BCUT2D eigenvalue weighted by molar-refractivity contribution is -0.118. The Morgan fingerprint density at radius 1 is 1.44 bits per heavy atom. The number of amides is 1. The number of nitrogens with two attached hydrogens (primary N) is 1. The predicted octanol–water partition coefficient (Wildman–Crippen LogP) is 0.667. The minimum absolute atomic E-state index is 0.00828. The van der Waals surface area contributed by atoms with Gasteiger partial charge in [-0.15, -0.1) is 0 Å². The summed E-state index contributed by atoms with van der Waals surface area (Å²) in [5.74, 6) is 0.801. The van der Waals surface area contributed by atoms with Crippen LogP contribution in [0.4, 0.5) is 5.69 Å². The van der Waals surface area contributed by atoms with Crippen molar-refractivity contribution in [2.45, 2.75) is 13.0 Å². The van der Waals surface area contributed by atoms with Crippen LogP contribution in [-0.2, 0) is 4.79 Å². The van der Waals surface area contributed by atoms with Gasteiger partial charge in [0.1, 0.15) is 5.75 Å². The van der Waals surface area contributed by atoms with Crippen molar-refractivity contribution in [2.75, 3.05) is 31.6 Å². The van der Waals surface area contributed by atoms with Crippen LogP contribution in [0.2, 0.25) is 0 Å². The van der Waals surface area contributed by atoms with Crippen molar-refractivity contribution < 1.29 is 9.53 Å². The molecule has 1 fully saturated rings. The number of likely N-dealkylation sites (tertiary alicyclic amines) is 1. The normalized spacial score (nSPS) is 16.1. The second-order valence-corrected chi connectivity index (χ2v) is 4.46. The van der Waals surface area contributed by atoms with E-state index >= 15 is 0 Å². The molecule has 0 saturated carbocycles. The lowest BCUT2D eigenvalue weighted by atomic mass is 10.1. The van der Waals surface area contributed by atoms with Crippen LogP contribution in [0.5, 0.6) is 5.75 Å². The molecule has 1 saturated heterocycles. The van der Waals surface area contributed by atoms with Gasteiger partial charge in [-0.05, 0) is 31.2 Å². The Kier molecular flexibility index (Phi) is 4.17. The van der Waals surface area contributed by atoms with Gasteiger partial charge in [-0.25, -0.2) is 0 Å². The molecular weight excluding hydrogens is 230 g/mol. The number of nitrogens with zero attached hydrogens (tertiary/aromatic N) is 1. The van der Waals surface area contributed by atoms with E-state index < -0.39 is 0 Å². The number of ether oxygens (including phenoxy) is 1. The molecule has 0 aromatic heterocycles. The Bertz CT molecular complexity index is 399. The molecule has 0 spiro atoms. The van der Waals surface area contributed by atoms with Gasteiger partial charge in [-0.3, -0.25) is 9.69 Å². The van der Waals surface area contributed by atoms with Crippen LogP contribution in [0.1, 0.15) is 6.92 Å². The van der Waals surface area contributed by atoms with Gasteiger partial charge in [0, 0.05) is 24.8 Å². The smallest absolute Gasteiger partial charge is 0.238 e. The number of hydrogen-bond acceptors (Lipinski definition) is 4. The Hall–Kier alpha value is -1.59. The monoisotopic (exact) mass is 249 g/mol. The first-order valence-corrected chi connectivity index (χ1v) is 6.18. The highest BCUT2D eigenvalue weighted by atomic mass is 16.5. The lowest BCUT2D eigenvalue weighted by Crippen LogP contribution is -2.57. The summed E-state index contributed by atoms with van der Waals surface area (Å²) in [4.78, 5) is 13.7. The average Bonchev–Trinajstić information content (AvgIpc) is 2.30. The minimum atomic E-state index is -0.00828. The maximum atomic E-state index is 11.7. The van der Waals surface area contributed by atoms with E-state index in [1.54, 1.807) is 0 Å². The van der Waals surface area contributed by atoms with E-state index in [0.29, 0.717) is 13.2 Å². The molecule has 0 bridgehead atoms. The fourth-order valence-corrected chi connectivity index (χ4v) is 1.94. The zero-order chi connectivity index (χ0) is 13.0. The van der Waals surface area contributed by atoms with Crippen LogP contribution < -0.4 is 15.8 Å². The summed E-state index contributed by atoms with van der Waals surface area (Å²) in [6, 6.07) is 7.59. The molecule has 1 aliphatic rings. The molecule has 98 valence electrons. The van der Waals surface area contributed by atoms with Gasteiger partial charge in [0.25, 0.3) is 0 Å². The molecule has 0 atom stereocenters. The predicted molar refractivity (Wildman–Crippen MR) is 70.7 cm³/mol. The first-order chi connectivity index (χ1) is 8.67. The summed E-state index contributed by atoms with van der Waals surface area (Å²) in [6.07, 6.45) is 0. The van der Waals surface area contributed by atoms with E-state index in [0.717, 1.165) is 24.5 Å². The molecule has 1 amide bonds. The Labute approximate surface area is 107 Å². The third kappa shape index (κ3) is 3.45. The summed E-state index contributed by atoms with van der Waals surface area (Å²) in [5.41, 5.74) is 6.44. The number of carbonyl (C=O) groups is 1. The second-order valence-electron chi connectivity index (χ2n) is 4.46. The van der Waals surface area contributed by atoms with Crippen molar-refractivity contribution >= 4 is 11.6 Å². The van der Waals surface area contributed by atoms with E-state index in [2.05, 4.69) is 5.32 Å². The minimum Gasteiger partial charge on any atom is -0.494 e. The summed E-state index contributed by atoms with van der Waals surface area (Å²) >= 11 is 0. The molecule has 5 heteroatoms. The van der Waals surface area contributed by atoms with Gasteiger partial charge in [0.2, 0.25) is 5.91 Å². The van der Waals surface area contributed by atoms with Gasteiger partial charge in [-0.2, -0.15) is 0 Å². The molecule has 5 nitrogen and oxygen atoms in total. The molecule has 0 aliphatic carbocycles. The Balaban J connectivity index is 1.79. The molecule has 1 aliphatic heterocycles. The number of hydrogen-bond donors (Lipinski definition) is 2. The Morgan fingerprint density at radius 2 is 2.11 bits per heavy atom. The quantitative estimate of drug-likeness (QED) is 0.804. The third-order valence-electron chi connectivity index (χ3n) is 2.80. The molecule has 18 heavy (non-hydrogen) atoms. The van der Waals surface area contributed by atoms with E-state index in [-0.39, 0.29) is 11.9 Å². The van der Waals surface area contributed by atoms with Gasteiger partial charge in [-0.1, -0.05) is 0 Å². The van der Waals surface area contributed by atoms with Crippen molar-refractivity contribution in [3.05, 3.63) is 24.3 Å². The van der Waals surface area contributed by atoms with Crippen LogP contribution in [-0.4, -0.2) is 43.1 Å². The lowest BCUT2D eigenvalue weighted by Gasteiger charge is -2.36.